The van der Waals surface area contributed by atoms with Gasteiger partial charge in [-0.15, -0.1) is 0 Å². The highest BCUT2D eigenvalue weighted by atomic mass is 16.5. The van der Waals surface area contributed by atoms with Crippen LogP contribution in [0.4, 0.5) is 11.4 Å². The summed E-state index contributed by atoms with van der Waals surface area (Å²) in [6.45, 7) is 0. The van der Waals surface area contributed by atoms with Gasteiger partial charge in [0.1, 0.15) is 11.4 Å². The number of aromatic nitrogens is 2. The predicted molar refractivity (Wildman–Crippen MR) is 97.4 cm³/mol. The number of ether oxygens (including phenoxy) is 1. The topological polar surface area (TPSA) is 93.2 Å². The predicted octanol–water partition coefficient (Wildman–Crippen LogP) is 2.99. The Balaban J connectivity index is 1.67. The molecule has 0 unspecified atom stereocenters. The van der Waals surface area contributed by atoms with Gasteiger partial charge in [-0.05, 0) is 36.4 Å². The van der Waals surface area contributed by atoms with E-state index in [4.69, 9.17) is 4.74 Å². The van der Waals surface area contributed by atoms with Crippen molar-refractivity contribution in [3.8, 4) is 5.75 Å². The van der Waals surface area contributed by atoms with Gasteiger partial charge in [0, 0.05) is 23.6 Å². The van der Waals surface area contributed by atoms with E-state index >= 15 is 0 Å². The number of carbonyl (C=O) groups excluding carboxylic acids is 2. The zero-order chi connectivity index (χ0) is 18.4. The van der Waals surface area contributed by atoms with Crippen molar-refractivity contribution in [3.05, 3.63) is 78.4 Å². The molecule has 7 nitrogen and oxygen atoms in total. The van der Waals surface area contributed by atoms with Crippen LogP contribution in [0.5, 0.6) is 5.75 Å². The summed E-state index contributed by atoms with van der Waals surface area (Å²) in [6, 6.07) is 13.7. The SMILES string of the molecule is COc1ccccc1NC(=O)c1ccc(NC(=O)c2cnccn2)cc1. The van der Waals surface area contributed by atoms with Crippen molar-refractivity contribution >= 4 is 23.2 Å². The van der Waals surface area contributed by atoms with Gasteiger partial charge in [0.2, 0.25) is 0 Å². The molecule has 0 saturated carbocycles. The van der Waals surface area contributed by atoms with Crippen molar-refractivity contribution in [1.82, 2.24) is 9.97 Å². The summed E-state index contributed by atoms with van der Waals surface area (Å²) in [6.07, 6.45) is 4.32. The van der Waals surface area contributed by atoms with Crippen LogP contribution in [0.3, 0.4) is 0 Å². The molecule has 0 aliphatic heterocycles. The summed E-state index contributed by atoms with van der Waals surface area (Å²) < 4.78 is 5.21. The number of anilines is 2. The number of amides is 2. The van der Waals surface area contributed by atoms with Gasteiger partial charge in [0.15, 0.2) is 0 Å². The Bertz CT molecular complexity index is 912. The third kappa shape index (κ3) is 4.02. The zero-order valence-corrected chi connectivity index (χ0v) is 14.0. The molecule has 3 rings (SSSR count). The Morgan fingerprint density at radius 3 is 2.38 bits per heavy atom. The highest BCUT2D eigenvalue weighted by Gasteiger charge is 2.11. The fraction of sp³-hybridized carbons (Fsp3) is 0.0526. The Hall–Kier alpha value is -3.74. The molecule has 1 aromatic heterocycles. The number of methoxy groups -OCH3 is 1. The Labute approximate surface area is 150 Å². The molecule has 0 bridgehead atoms. The van der Waals surface area contributed by atoms with Gasteiger partial charge >= 0.3 is 0 Å². The van der Waals surface area contributed by atoms with Crippen LogP contribution < -0.4 is 15.4 Å². The van der Waals surface area contributed by atoms with Crippen LogP contribution in [-0.4, -0.2) is 28.9 Å². The lowest BCUT2D eigenvalue weighted by Crippen LogP contribution is -2.15. The highest BCUT2D eigenvalue weighted by molar-refractivity contribution is 6.06. The van der Waals surface area contributed by atoms with Gasteiger partial charge in [-0.2, -0.15) is 0 Å². The molecule has 0 aliphatic rings. The fourth-order valence-electron chi connectivity index (χ4n) is 2.26. The van der Waals surface area contributed by atoms with Gasteiger partial charge < -0.3 is 15.4 Å². The maximum absolute atomic E-state index is 12.4. The van der Waals surface area contributed by atoms with Gasteiger partial charge in [-0.25, -0.2) is 4.98 Å². The Morgan fingerprint density at radius 2 is 1.69 bits per heavy atom. The zero-order valence-electron chi connectivity index (χ0n) is 14.0. The lowest BCUT2D eigenvalue weighted by Gasteiger charge is -2.10. The van der Waals surface area contributed by atoms with E-state index < -0.39 is 0 Å². The van der Waals surface area contributed by atoms with Gasteiger partial charge in [0.05, 0.1) is 19.0 Å². The minimum atomic E-state index is -0.371. The molecule has 0 fully saturated rings. The molecule has 1 heterocycles. The van der Waals surface area contributed by atoms with Crippen LogP contribution >= 0.6 is 0 Å². The molecule has 0 aliphatic carbocycles. The first kappa shape index (κ1) is 17.1. The Kier molecular flexibility index (Phi) is 5.19. The van der Waals surface area contributed by atoms with E-state index in [0.29, 0.717) is 22.7 Å². The van der Waals surface area contributed by atoms with Crippen LogP contribution in [0.25, 0.3) is 0 Å². The number of para-hydroxylation sites is 2. The van der Waals surface area contributed by atoms with E-state index in [1.807, 2.05) is 12.1 Å². The summed E-state index contributed by atoms with van der Waals surface area (Å²) in [5.41, 5.74) is 1.80. The number of rotatable bonds is 5. The molecular weight excluding hydrogens is 332 g/mol. The van der Waals surface area contributed by atoms with Crippen LogP contribution in [0.2, 0.25) is 0 Å². The maximum Gasteiger partial charge on any atom is 0.275 e. The average Bonchev–Trinajstić information content (AvgIpc) is 2.69. The number of nitrogens with one attached hydrogen (secondary N) is 2. The number of hydrogen-bond acceptors (Lipinski definition) is 5. The minimum absolute atomic E-state index is 0.213. The van der Waals surface area contributed by atoms with E-state index in [9.17, 15) is 9.59 Å². The molecule has 3 aromatic rings. The summed E-state index contributed by atoms with van der Waals surface area (Å²) in [5.74, 6) is -0.0701. The molecule has 0 radical (unpaired) electrons. The molecule has 2 aromatic carbocycles. The number of carbonyl (C=O) groups is 2. The molecule has 7 heteroatoms. The smallest absolute Gasteiger partial charge is 0.275 e. The average molecular weight is 348 g/mol. The molecule has 2 amide bonds. The third-order valence-electron chi connectivity index (χ3n) is 3.56. The minimum Gasteiger partial charge on any atom is -0.495 e. The first-order chi connectivity index (χ1) is 12.7. The molecule has 0 atom stereocenters. The van der Waals surface area contributed by atoms with E-state index in [-0.39, 0.29) is 17.5 Å². The van der Waals surface area contributed by atoms with Crippen molar-refractivity contribution in [1.29, 1.82) is 0 Å². The van der Waals surface area contributed by atoms with Crippen molar-refractivity contribution in [2.75, 3.05) is 17.7 Å². The van der Waals surface area contributed by atoms with E-state index in [1.165, 1.54) is 18.6 Å². The van der Waals surface area contributed by atoms with Gasteiger partial charge in [0.25, 0.3) is 11.8 Å². The van der Waals surface area contributed by atoms with Crippen molar-refractivity contribution in [2.24, 2.45) is 0 Å². The normalized spacial score (nSPS) is 10.0. The van der Waals surface area contributed by atoms with Crippen molar-refractivity contribution < 1.29 is 14.3 Å². The quantitative estimate of drug-likeness (QED) is 0.739. The largest absolute Gasteiger partial charge is 0.495 e. The molecule has 2 N–H and O–H groups in total. The number of hydrogen-bond donors (Lipinski definition) is 2. The Morgan fingerprint density at radius 1 is 0.923 bits per heavy atom. The van der Waals surface area contributed by atoms with E-state index in [2.05, 4.69) is 20.6 Å². The van der Waals surface area contributed by atoms with E-state index in [1.54, 1.807) is 43.5 Å². The monoisotopic (exact) mass is 348 g/mol. The van der Waals surface area contributed by atoms with E-state index in [0.717, 1.165) is 0 Å². The summed E-state index contributed by atoms with van der Waals surface area (Å²) in [4.78, 5) is 32.2. The van der Waals surface area contributed by atoms with Crippen molar-refractivity contribution in [2.45, 2.75) is 0 Å². The number of nitrogens with zero attached hydrogens (tertiary/aromatic N) is 2. The first-order valence-electron chi connectivity index (χ1n) is 7.79. The lowest BCUT2D eigenvalue weighted by atomic mass is 10.2. The second-order valence-electron chi connectivity index (χ2n) is 5.28. The second kappa shape index (κ2) is 7.89. The molecular formula is C19H16N4O3. The fourth-order valence-corrected chi connectivity index (χ4v) is 2.26. The van der Waals surface area contributed by atoms with Gasteiger partial charge in [-0.1, -0.05) is 12.1 Å². The van der Waals surface area contributed by atoms with Crippen LogP contribution in [0, 0.1) is 0 Å². The third-order valence-corrected chi connectivity index (χ3v) is 3.56. The second-order valence-corrected chi connectivity index (χ2v) is 5.28. The maximum atomic E-state index is 12.4. The lowest BCUT2D eigenvalue weighted by molar-refractivity contribution is 0.101. The van der Waals surface area contributed by atoms with Crippen LogP contribution in [0.15, 0.2) is 67.1 Å². The summed E-state index contributed by atoms with van der Waals surface area (Å²) in [7, 11) is 1.54. The summed E-state index contributed by atoms with van der Waals surface area (Å²) in [5, 5.41) is 5.49. The van der Waals surface area contributed by atoms with Gasteiger partial charge in [-0.3, -0.25) is 14.6 Å². The number of benzene rings is 2. The standard InChI is InChI=1S/C19H16N4O3/c1-26-17-5-3-2-4-15(17)23-18(24)13-6-8-14(9-7-13)22-19(25)16-12-20-10-11-21-16/h2-12H,1H3,(H,22,25)(H,23,24). The molecule has 0 saturated heterocycles. The van der Waals surface area contributed by atoms with Crippen LogP contribution in [-0.2, 0) is 0 Å². The highest BCUT2D eigenvalue weighted by Crippen LogP contribution is 2.23. The molecule has 26 heavy (non-hydrogen) atoms. The first-order valence-corrected chi connectivity index (χ1v) is 7.79. The molecule has 130 valence electrons. The summed E-state index contributed by atoms with van der Waals surface area (Å²) >= 11 is 0. The van der Waals surface area contributed by atoms with Crippen LogP contribution in [0.1, 0.15) is 20.8 Å². The molecule has 0 spiro atoms. The van der Waals surface area contributed by atoms with Crippen molar-refractivity contribution in [3.63, 3.8) is 0 Å².